The molecule has 0 bridgehead atoms. The lowest BCUT2D eigenvalue weighted by atomic mass is 10.3. The summed E-state index contributed by atoms with van der Waals surface area (Å²) >= 11 is 0. The molecule has 0 amide bonds. The van der Waals surface area contributed by atoms with Crippen LogP contribution in [0, 0.1) is 5.92 Å². The van der Waals surface area contributed by atoms with Crippen LogP contribution in [0.4, 0.5) is 0 Å². The van der Waals surface area contributed by atoms with Crippen molar-refractivity contribution < 1.29 is 4.74 Å². The highest BCUT2D eigenvalue weighted by molar-refractivity contribution is 14.0. The molecule has 1 aromatic heterocycles. The van der Waals surface area contributed by atoms with Crippen molar-refractivity contribution in [1.82, 2.24) is 9.88 Å². The normalized spacial score (nSPS) is 18.0. The van der Waals surface area contributed by atoms with E-state index in [1.165, 1.54) is 25.7 Å². The molecule has 0 aromatic carbocycles. The van der Waals surface area contributed by atoms with E-state index < -0.39 is 0 Å². The standard InChI is InChI=1S/C15H22N4O.HI/c1-19(13-5-6-13)15(16)18-9-12-4-7-14(17-8-12)20-10-11-2-3-11;/h4,7-8,11,13H,2-3,5-6,9-10H2,1H3,(H2,16,18);1H. The van der Waals surface area contributed by atoms with Gasteiger partial charge in [-0.25, -0.2) is 9.98 Å². The number of hydrogen-bond donors (Lipinski definition) is 1. The van der Waals surface area contributed by atoms with Crippen molar-refractivity contribution in [1.29, 1.82) is 0 Å². The van der Waals surface area contributed by atoms with Gasteiger partial charge in [-0.2, -0.15) is 0 Å². The minimum absolute atomic E-state index is 0. The summed E-state index contributed by atoms with van der Waals surface area (Å²) in [5, 5.41) is 0. The molecule has 0 unspecified atom stereocenters. The SMILES string of the molecule is CN(C(N)=NCc1ccc(OCC2CC2)nc1)C1CC1.I. The van der Waals surface area contributed by atoms with Gasteiger partial charge in [-0.3, -0.25) is 0 Å². The first-order chi connectivity index (χ1) is 9.72. The van der Waals surface area contributed by atoms with Crippen molar-refractivity contribution in [3.8, 4) is 5.88 Å². The summed E-state index contributed by atoms with van der Waals surface area (Å²) in [6.45, 7) is 1.36. The Morgan fingerprint density at radius 1 is 1.38 bits per heavy atom. The van der Waals surface area contributed by atoms with Gasteiger partial charge in [0.25, 0.3) is 0 Å². The molecular weight excluding hydrogens is 379 g/mol. The molecule has 6 heteroatoms. The van der Waals surface area contributed by atoms with Gasteiger partial charge in [0.1, 0.15) is 0 Å². The fourth-order valence-electron chi connectivity index (χ4n) is 2.01. The third kappa shape index (κ3) is 5.01. The van der Waals surface area contributed by atoms with Crippen LogP contribution in [0.2, 0.25) is 0 Å². The van der Waals surface area contributed by atoms with E-state index in [9.17, 15) is 0 Å². The predicted octanol–water partition coefficient (Wildman–Crippen LogP) is 2.40. The maximum Gasteiger partial charge on any atom is 0.213 e. The molecule has 1 aromatic rings. The summed E-state index contributed by atoms with van der Waals surface area (Å²) in [7, 11) is 2.00. The fraction of sp³-hybridized carbons (Fsp3) is 0.600. The molecule has 5 nitrogen and oxygen atoms in total. The quantitative estimate of drug-likeness (QED) is 0.451. The highest BCUT2D eigenvalue weighted by atomic mass is 127. The first-order valence-electron chi connectivity index (χ1n) is 7.33. The topological polar surface area (TPSA) is 63.7 Å². The summed E-state index contributed by atoms with van der Waals surface area (Å²) in [5.41, 5.74) is 7.01. The summed E-state index contributed by atoms with van der Waals surface area (Å²) in [6, 6.07) is 4.51. The van der Waals surface area contributed by atoms with Crippen LogP contribution in [0.25, 0.3) is 0 Å². The number of pyridine rings is 1. The van der Waals surface area contributed by atoms with Gasteiger partial charge < -0.3 is 15.4 Å². The van der Waals surface area contributed by atoms with Crippen LogP contribution in [0.3, 0.4) is 0 Å². The molecule has 0 saturated heterocycles. The maximum absolute atomic E-state index is 5.95. The Kier molecular flexibility index (Phi) is 5.66. The molecule has 116 valence electrons. The summed E-state index contributed by atoms with van der Waals surface area (Å²) in [4.78, 5) is 10.8. The van der Waals surface area contributed by atoms with Gasteiger partial charge >= 0.3 is 0 Å². The van der Waals surface area contributed by atoms with E-state index in [1.54, 1.807) is 0 Å². The Morgan fingerprint density at radius 2 is 2.14 bits per heavy atom. The molecule has 0 aliphatic heterocycles. The van der Waals surface area contributed by atoms with E-state index in [0.29, 0.717) is 24.4 Å². The predicted molar refractivity (Wildman–Crippen MR) is 94.0 cm³/mol. The van der Waals surface area contributed by atoms with Gasteiger partial charge in [-0.1, -0.05) is 6.07 Å². The minimum Gasteiger partial charge on any atom is -0.477 e. The molecular formula is C15H23IN4O. The molecule has 1 heterocycles. The Labute approximate surface area is 143 Å². The minimum atomic E-state index is 0. The van der Waals surface area contributed by atoms with Gasteiger partial charge in [0.05, 0.1) is 13.2 Å². The Bertz CT molecular complexity index is 483. The zero-order valence-corrected chi connectivity index (χ0v) is 14.7. The number of aliphatic imine (C=N–C) groups is 1. The van der Waals surface area contributed by atoms with Gasteiger partial charge in [0, 0.05) is 25.4 Å². The lowest BCUT2D eigenvalue weighted by molar-refractivity contribution is 0.288. The summed E-state index contributed by atoms with van der Waals surface area (Å²) in [5.74, 6) is 2.06. The molecule has 2 aliphatic carbocycles. The number of ether oxygens (including phenoxy) is 1. The van der Waals surface area contributed by atoms with Crippen molar-refractivity contribution >= 4 is 29.9 Å². The van der Waals surface area contributed by atoms with E-state index >= 15 is 0 Å². The second-order valence-corrected chi connectivity index (χ2v) is 5.78. The molecule has 0 atom stereocenters. The molecule has 2 aliphatic rings. The van der Waals surface area contributed by atoms with Crippen LogP contribution in [0.1, 0.15) is 31.2 Å². The van der Waals surface area contributed by atoms with Crippen LogP contribution >= 0.6 is 24.0 Å². The van der Waals surface area contributed by atoms with Crippen molar-refractivity contribution in [2.75, 3.05) is 13.7 Å². The molecule has 2 N–H and O–H groups in total. The molecule has 21 heavy (non-hydrogen) atoms. The van der Waals surface area contributed by atoms with E-state index in [0.717, 1.165) is 18.1 Å². The van der Waals surface area contributed by atoms with Gasteiger partial charge in [-0.05, 0) is 37.2 Å². The Hall–Kier alpha value is -1.05. The number of hydrogen-bond acceptors (Lipinski definition) is 3. The number of halogens is 1. The largest absolute Gasteiger partial charge is 0.477 e. The third-order valence-electron chi connectivity index (χ3n) is 3.84. The molecule has 2 saturated carbocycles. The van der Waals surface area contributed by atoms with Crippen LogP contribution < -0.4 is 10.5 Å². The van der Waals surface area contributed by atoms with E-state index in [4.69, 9.17) is 10.5 Å². The third-order valence-corrected chi connectivity index (χ3v) is 3.84. The zero-order chi connectivity index (χ0) is 13.9. The first kappa shape index (κ1) is 16.3. The highest BCUT2D eigenvalue weighted by Gasteiger charge is 2.27. The molecule has 2 fully saturated rings. The van der Waals surface area contributed by atoms with Gasteiger partial charge in [0.15, 0.2) is 5.96 Å². The summed E-state index contributed by atoms with van der Waals surface area (Å²) < 4.78 is 5.61. The van der Waals surface area contributed by atoms with Crippen molar-refractivity contribution in [2.24, 2.45) is 16.6 Å². The van der Waals surface area contributed by atoms with Gasteiger partial charge in [-0.15, -0.1) is 24.0 Å². The zero-order valence-electron chi connectivity index (χ0n) is 12.4. The van der Waals surface area contributed by atoms with Crippen molar-refractivity contribution in [3.63, 3.8) is 0 Å². The van der Waals surface area contributed by atoms with Crippen LogP contribution in [-0.2, 0) is 6.54 Å². The smallest absolute Gasteiger partial charge is 0.213 e. The Morgan fingerprint density at radius 3 is 2.71 bits per heavy atom. The number of aromatic nitrogens is 1. The van der Waals surface area contributed by atoms with Crippen molar-refractivity contribution in [3.05, 3.63) is 23.9 Å². The van der Waals surface area contributed by atoms with Crippen LogP contribution in [0.5, 0.6) is 5.88 Å². The molecule has 0 spiro atoms. The first-order valence-corrected chi connectivity index (χ1v) is 7.33. The molecule has 3 rings (SSSR count). The average molecular weight is 402 g/mol. The van der Waals surface area contributed by atoms with Crippen LogP contribution in [-0.4, -0.2) is 35.5 Å². The van der Waals surface area contributed by atoms with E-state index in [2.05, 4.69) is 14.9 Å². The number of guanidine groups is 1. The lowest BCUT2D eigenvalue weighted by Crippen LogP contribution is -2.35. The average Bonchev–Trinajstić information content (AvgIpc) is 3.36. The number of rotatable bonds is 6. The van der Waals surface area contributed by atoms with E-state index in [-0.39, 0.29) is 24.0 Å². The number of nitrogens with zero attached hydrogens (tertiary/aromatic N) is 3. The Balaban J connectivity index is 0.00000161. The maximum atomic E-state index is 5.95. The second kappa shape index (κ2) is 7.29. The summed E-state index contributed by atoms with van der Waals surface area (Å²) in [6.07, 6.45) is 6.85. The van der Waals surface area contributed by atoms with Gasteiger partial charge in [0.2, 0.25) is 5.88 Å². The van der Waals surface area contributed by atoms with Crippen LogP contribution in [0.15, 0.2) is 23.3 Å². The lowest BCUT2D eigenvalue weighted by Gasteiger charge is -2.16. The van der Waals surface area contributed by atoms with Crippen molar-refractivity contribution in [2.45, 2.75) is 38.3 Å². The highest BCUT2D eigenvalue weighted by Crippen LogP contribution is 2.29. The second-order valence-electron chi connectivity index (χ2n) is 5.78. The fourth-order valence-corrected chi connectivity index (χ4v) is 2.01. The number of nitrogens with two attached hydrogens (primary N) is 1. The van der Waals surface area contributed by atoms with E-state index in [1.807, 2.05) is 25.4 Å². The molecule has 0 radical (unpaired) electrons. The monoisotopic (exact) mass is 402 g/mol.